The van der Waals surface area contributed by atoms with Crippen LogP contribution in [-0.2, 0) is 16.1 Å². The number of benzene rings is 1. The second-order valence-corrected chi connectivity index (χ2v) is 7.55. The van der Waals surface area contributed by atoms with E-state index in [4.69, 9.17) is 5.11 Å². The summed E-state index contributed by atoms with van der Waals surface area (Å²) in [7, 11) is 0. The van der Waals surface area contributed by atoms with Crippen LogP contribution >= 0.6 is 0 Å². The van der Waals surface area contributed by atoms with Crippen molar-refractivity contribution in [2.45, 2.75) is 63.5 Å². The van der Waals surface area contributed by atoms with Crippen molar-refractivity contribution in [2.24, 2.45) is 5.92 Å². The second kappa shape index (κ2) is 7.89. The average Bonchev–Trinajstić information content (AvgIpc) is 3.12. The van der Waals surface area contributed by atoms with Crippen LogP contribution in [0.4, 0.5) is 0 Å². The van der Waals surface area contributed by atoms with Gasteiger partial charge in [0.25, 0.3) is 5.91 Å². The molecule has 0 atom stereocenters. The summed E-state index contributed by atoms with van der Waals surface area (Å²) in [5.74, 6) is -0.872. The summed E-state index contributed by atoms with van der Waals surface area (Å²) >= 11 is 0. The molecule has 0 radical (unpaired) electrons. The van der Waals surface area contributed by atoms with E-state index in [2.05, 4.69) is 10.6 Å². The first-order valence-electron chi connectivity index (χ1n) is 9.38. The minimum Gasteiger partial charge on any atom is -0.481 e. The van der Waals surface area contributed by atoms with Gasteiger partial charge in [-0.1, -0.05) is 25.0 Å². The van der Waals surface area contributed by atoms with Crippen molar-refractivity contribution in [3.8, 4) is 0 Å². The standard InChI is InChI=1S/C20H26N2O4/c23-17(24)12-20(10-3-11-20)22-19(26)16-8-6-14(7-9-16)13-21-18(25)15-4-1-2-5-15/h6-9,15H,1-5,10-13H2,(H,21,25)(H,22,26)(H,23,24). The number of nitrogens with one attached hydrogen (secondary N) is 2. The Balaban J connectivity index is 1.52. The van der Waals surface area contributed by atoms with Crippen LogP contribution in [0.2, 0.25) is 0 Å². The molecule has 2 amide bonds. The van der Waals surface area contributed by atoms with Gasteiger partial charge in [0.15, 0.2) is 0 Å². The Labute approximate surface area is 153 Å². The van der Waals surface area contributed by atoms with Gasteiger partial charge in [-0.25, -0.2) is 0 Å². The molecule has 2 fully saturated rings. The molecule has 3 N–H and O–H groups in total. The number of aliphatic carboxylic acids is 1. The maximum absolute atomic E-state index is 12.4. The van der Waals surface area contributed by atoms with Gasteiger partial charge in [-0.2, -0.15) is 0 Å². The number of carbonyl (C=O) groups excluding carboxylic acids is 2. The van der Waals surface area contributed by atoms with Crippen molar-refractivity contribution in [2.75, 3.05) is 0 Å². The topological polar surface area (TPSA) is 95.5 Å². The molecule has 0 aliphatic heterocycles. The van der Waals surface area contributed by atoms with E-state index in [0.29, 0.717) is 24.9 Å². The van der Waals surface area contributed by atoms with Crippen molar-refractivity contribution in [1.82, 2.24) is 10.6 Å². The molecule has 1 aromatic rings. The van der Waals surface area contributed by atoms with E-state index in [1.807, 2.05) is 12.1 Å². The molecule has 6 heteroatoms. The Kier molecular flexibility index (Phi) is 5.59. The molecule has 0 saturated heterocycles. The Morgan fingerprint density at radius 3 is 2.23 bits per heavy atom. The molecular formula is C20H26N2O4. The lowest BCUT2D eigenvalue weighted by Crippen LogP contribution is -2.54. The minimum absolute atomic E-state index is 0.0377. The molecule has 6 nitrogen and oxygen atoms in total. The van der Waals surface area contributed by atoms with Crippen molar-refractivity contribution >= 4 is 17.8 Å². The number of amides is 2. The third kappa shape index (κ3) is 4.42. The number of rotatable bonds is 7. The van der Waals surface area contributed by atoms with Gasteiger partial charge in [-0.15, -0.1) is 0 Å². The summed E-state index contributed by atoms with van der Waals surface area (Å²) in [6.45, 7) is 0.459. The fourth-order valence-electron chi connectivity index (χ4n) is 3.85. The predicted octanol–water partition coefficient (Wildman–Crippen LogP) is 2.62. The van der Waals surface area contributed by atoms with Crippen LogP contribution in [-0.4, -0.2) is 28.4 Å². The van der Waals surface area contributed by atoms with Crippen molar-refractivity contribution in [3.63, 3.8) is 0 Å². The zero-order valence-corrected chi connectivity index (χ0v) is 14.9. The highest BCUT2D eigenvalue weighted by atomic mass is 16.4. The lowest BCUT2D eigenvalue weighted by molar-refractivity contribution is -0.139. The number of hydrogen-bond donors (Lipinski definition) is 3. The van der Waals surface area contributed by atoms with Gasteiger partial charge in [0.2, 0.25) is 5.91 Å². The molecule has 140 valence electrons. The monoisotopic (exact) mass is 358 g/mol. The van der Waals surface area contributed by atoms with Crippen molar-refractivity contribution in [1.29, 1.82) is 0 Å². The molecule has 0 unspecified atom stereocenters. The SMILES string of the molecule is O=C(O)CC1(NC(=O)c2ccc(CNC(=O)C3CCCC3)cc2)CCC1. The smallest absolute Gasteiger partial charge is 0.305 e. The lowest BCUT2D eigenvalue weighted by atomic mass is 9.74. The van der Waals surface area contributed by atoms with Crippen LogP contribution in [0.25, 0.3) is 0 Å². The molecular weight excluding hydrogens is 332 g/mol. The molecule has 3 rings (SSSR count). The molecule has 2 aliphatic rings. The second-order valence-electron chi connectivity index (χ2n) is 7.55. The van der Waals surface area contributed by atoms with Gasteiger partial charge in [-0.3, -0.25) is 14.4 Å². The Morgan fingerprint density at radius 1 is 1.04 bits per heavy atom. The van der Waals surface area contributed by atoms with Gasteiger partial charge < -0.3 is 15.7 Å². The number of carboxylic acids is 1. The third-order valence-corrected chi connectivity index (χ3v) is 5.59. The van der Waals surface area contributed by atoms with Crippen LogP contribution in [0.15, 0.2) is 24.3 Å². The summed E-state index contributed by atoms with van der Waals surface area (Å²) in [6, 6.07) is 7.10. The number of carboxylic acid groups (broad SMARTS) is 1. The summed E-state index contributed by atoms with van der Waals surface area (Å²) in [6.07, 6.45) is 6.52. The first kappa shape index (κ1) is 18.4. The minimum atomic E-state index is -0.890. The molecule has 26 heavy (non-hydrogen) atoms. The Hall–Kier alpha value is -2.37. The molecule has 0 aromatic heterocycles. The first-order chi connectivity index (χ1) is 12.5. The summed E-state index contributed by atoms with van der Waals surface area (Å²) < 4.78 is 0. The average molecular weight is 358 g/mol. The molecule has 0 bridgehead atoms. The summed E-state index contributed by atoms with van der Waals surface area (Å²) in [5.41, 5.74) is 0.848. The quantitative estimate of drug-likeness (QED) is 0.698. The Morgan fingerprint density at radius 2 is 1.69 bits per heavy atom. The van der Waals surface area contributed by atoms with E-state index in [1.165, 1.54) is 0 Å². The summed E-state index contributed by atoms with van der Waals surface area (Å²) in [4.78, 5) is 35.5. The third-order valence-electron chi connectivity index (χ3n) is 5.59. The number of carbonyl (C=O) groups is 3. The van der Waals surface area contributed by atoms with E-state index in [-0.39, 0.29) is 24.2 Å². The van der Waals surface area contributed by atoms with Crippen LogP contribution < -0.4 is 10.6 Å². The van der Waals surface area contributed by atoms with Crippen LogP contribution in [0.5, 0.6) is 0 Å². The van der Waals surface area contributed by atoms with Crippen LogP contribution in [0, 0.1) is 5.92 Å². The van der Waals surface area contributed by atoms with E-state index < -0.39 is 11.5 Å². The molecule has 1 aromatic carbocycles. The molecule has 0 spiro atoms. The van der Waals surface area contributed by atoms with Gasteiger partial charge in [0, 0.05) is 18.0 Å². The van der Waals surface area contributed by atoms with Gasteiger partial charge in [-0.05, 0) is 49.8 Å². The molecule has 0 heterocycles. The van der Waals surface area contributed by atoms with E-state index in [1.54, 1.807) is 12.1 Å². The largest absolute Gasteiger partial charge is 0.481 e. The zero-order chi connectivity index (χ0) is 18.6. The van der Waals surface area contributed by atoms with Crippen LogP contribution in [0.3, 0.4) is 0 Å². The fraction of sp³-hybridized carbons (Fsp3) is 0.550. The Bertz CT molecular complexity index is 674. The van der Waals surface area contributed by atoms with E-state index >= 15 is 0 Å². The van der Waals surface area contributed by atoms with Crippen molar-refractivity contribution in [3.05, 3.63) is 35.4 Å². The zero-order valence-electron chi connectivity index (χ0n) is 14.9. The predicted molar refractivity (Wildman–Crippen MR) is 96.5 cm³/mol. The molecule has 2 aliphatic carbocycles. The number of hydrogen-bond acceptors (Lipinski definition) is 3. The highest BCUT2D eigenvalue weighted by molar-refractivity contribution is 5.95. The highest BCUT2D eigenvalue weighted by Gasteiger charge is 2.40. The van der Waals surface area contributed by atoms with Gasteiger partial charge in [0.1, 0.15) is 0 Å². The maximum atomic E-state index is 12.4. The normalized spacial score (nSPS) is 18.8. The maximum Gasteiger partial charge on any atom is 0.305 e. The van der Waals surface area contributed by atoms with E-state index in [0.717, 1.165) is 37.7 Å². The fourth-order valence-corrected chi connectivity index (χ4v) is 3.85. The lowest BCUT2D eigenvalue weighted by Gasteiger charge is -2.41. The summed E-state index contributed by atoms with van der Waals surface area (Å²) in [5, 5.41) is 14.9. The molecule has 2 saturated carbocycles. The first-order valence-corrected chi connectivity index (χ1v) is 9.38. The highest BCUT2D eigenvalue weighted by Crippen LogP contribution is 2.35. The van der Waals surface area contributed by atoms with E-state index in [9.17, 15) is 14.4 Å². The van der Waals surface area contributed by atoms with Crippen molar-refractivity contribution < 1.29 is 19.5 Å². The van der Waals surface area contributed by atoms with Gasteiger partial charge >= 0.3 is 5.97 Å². The van der Waals surface area contributed by atoms with Crippen LogP contribution in [0.1, 0.15) is 67.3 Å². The van der Waals surface area contributed by atoms with Gasteiger partial charge in [0.05, 0.1) is 12.0 Å².